The number of aryl methyl sites for hydroxylation is 1. The third-order valence-corrected chi connectivity index (χ3v) is 4.54. The Kier molecular flexibility index (Phi) is 4.92. The number of nitrogens with one attached hydrogen (secondary N) is 1. The van der Waals surface area contributed by atoms with Crippen molar-refractivity contribution in [3.05, 3.63) is 47.4 Å². The zero-order valence-corrected chi connectivity index (χ0v) is 14.5. The highest BCUT2D eigenvalue weighted by Gasteiger charge is 2.20. The summed E-state index contributed by atoms with van der Waals surface area (Å²) in [6.45, 7) is 3.57. The number of amides is 1. The first-order valence-corrected chi connectivity index (χ1v) is 8.40. The lowest BCUT2D eigenvalue weighted by Gasteiger charge is -2.10. The number of rotatable bonds is 5. The van der Waals surface area contributed by atoms with Gasteiger partial charge >= 0.3 is 0 Å². The highest BCUT2D eigenvalue weighted by molar-refractivity contribution is 8.00. The molecule has 0 unspecified atom stereocenters. The second kappa shape index (κ2) is 7.11. The van der Waals surface area contributed by atoms with Gasteiger partial charge in [-0.05, 0) is 32.0 Å². The minimum atomic E-state index is -0.431. The summed E-state index contributed by atoms with van der Waals surface area (Å²) in [4.78, 5) is 12.3. The van der Waals surface area contributed by atoms with Gasteiger partial charge in [0.15, 0.2) is 0 Å². The van der Waals surface area contributed by atoms with Crippen LogP contribution in [0.4, 0.5) is 5.69 Å². The molecule has 24 heavy (non-hydrogen) atoms. The minimum Gasteiger partial charge on any atom is -0.469 e. The third kappa shape index (κ3) is 3.63. The predicted molar refractivity (Wildman–Crippen MR) is 92.1 cm³/mol. The van der Waals surface area contributed by atoms with E-state index in [1.165, 1.54) is 11.8 Å². The van der Waals surface area contributed by atoms with Crippen LogP contribution in [0, 0.1) is 6.92 Å². The normalized spacial score (nSPS) is 12.1. The molecule has 3 aromatic rings. The van der Waals surface area contributed by atoms with E-state index in [-0.39, 0.29) is 5.91 Å². The maximum absolute atomic E-state index is 12.3. The zero-order valence-electron chi connectivity index (χ0n) is 12.9. The van der Waals surface area contributed by atoms with Crippen LogP contribution in [0.15, 0.2) is 50.7 Å². The molecule has 0 aliphatic heterocycles. The first-order valence-electron chi connectivity index (χ1n) is 7.14. The molecule has 0 saturated heterocycles. The maximum Gasteiger partial charge on any atom is 0.277 e. The SMILES string of the molecule is Cc1occc1-c1nnc(S[C@H](C)C(=O)Nc2ccccc2Cl)o1. The van der Waals surface area contributed by atoms with Crippen LogP contribution in [0.5, 0.6) is 0 Å². The summed E-state index contributed by atoms with van der Waals surface area (Å²) < 4.78 is 10.8. The van der Waals surface area contributed by atoms with Crippen LogP contribution in [-0.4, -0.2) is 21.4 Å². The first-order chi connectivity index (χ1) is 11.5. The number of para-hydroxylation sites is 1. The molecule has 0 fully saturated rings. The van der Waals surface area contributed by atoms with E-state index in [0.717, 1.165) is 5.56 Å². The summed E-state index contributed by atoms with van der Waals surface area (Å²) in [7, 11) is 0. The van der Waals surface area contributed by atoms with Gasteiger partial charge in [-0.25, -0.2) is 0 Å². The average molecular weight is 364 g/mol. The summed E-state index contributed by atoms with van der Waals surface area (Å²) in [5.74, 6) is 0.856. The second-order valence-electron chi connectivity index (χ2n) is 4.99. The van der Waals surface area contributed by atoms with Gasteiger partial charge in [-0.2, -0.15) is 0 Å². The largest absolute Gasteiger partial charge is 0.469 e. The van der Waals surface area contributed by atoms with Gasteiger partial charge in [-0.1, -0.05) is 35.5 Å². The van der Waals surface area contributed by atoms with Crippen LogP contribution >= 0.6 is 23.4 Å². The van der Waals surface area contributed by atoms with E-state index >= 15 is 0 Å². The molecule has 8 heteroatoms. The van der Waals surface area contributed by atoms with Crippen molar-refractivity contribution in [1.82, 2.24) is 10.2 Å². The van der Waals surface area contributed by atoms with Gasteiger partial charge in [-0.15, -0.1) is 10.2 Å². The molecule has 1 amide bonds. The lowest BCUT2D eigenvalue weighted by atomic mass is 10.3. The van der Waals surface area contributed by atoms with Crippen LogP contribution in [0.1, 0.15) is 12.7 Å². The van der Waals surface area contributed by atoms with E-state index in [1.54, 1.807) is 43.5 Å². The molecule has 124 valence electrons. The number of benzene rings is 1. The van der Waals surface area contributed by atoms with Gasteiger partial charge in [0, 0.05) is 0 Å². The molecule has 0 radical (unpaired) electrons. The standard InChI is InChI=1S/C16H14ClN3O3S/c1-9-11(7-8-22-9)15-19-20-16(23-15)24-10(2)14(21)18-13-6-4-3-5-12(13)17/h3-8,10H,1-2H3,(H,18,21)/t10-/m1/s1. The molecule has 6 nitrogen and oxygen atoms in total. The summed E-state index contributed by atoms with van der Waals surface area (Å²) in [5, 5.41) is 11.1. The Morgan fingerprint density at radius 2 is 2.08 bits per heavy atom. The fraction of sp³-hybridized carbons (Fsp3) is 0.188. The molecule has 2 aromatic heterocycles. The van der Waals surface area contributed by atoms with E-state index in [2.05, 4.69) is 15.5 Å². The Hall–Kier alpha value is -2.25. The maximum atomic E-state index is 12.3. The van der Waals surface area contributed by atoms with E-state index in [1.807, 2.05) is 6.92 Å². The summed E-state index contributed by atoms with van der Waals surface area (Å²) in [6, 6.07) is 8.81. The van der Waals surface area contributed by atoms with Gasteiger partial charge in [0.25, 0.3) is 11.1 Å². The molecule has 0 spiro atoms. The van der Waals surface area contributed by atoms with Crippen molar-refractivity contribution in [1.29, 1.82) is 0 Å². The van der Waals surface area contributed by atoms with Crippen molar-refractivity contribution in [2.75, 3.05) is 5.32 Å². The smallest absolute Gasteiger partial charge is 0.277 e. The number of furan rings is 1. The molecule has 1 aromatic carbocycles. The third-order valence-electron chi connectivity index (χ3n) is 3.27. The number of nitrogens with zero attached hydrogens (tertiary/aromatic N) is 2. The zero-order chi connectivity index (χ0) is 17.1. The number of hydrogen-bond donors (Lipinski definition) is 1. The number of hydrogen-bond acceptors (Lipinski definition) is 6. The highest BCUT2D eigenvalue weighted by Crippen LogP contribution is 2.29. The summed E-state index contributed by atoms with van der Waals surface area (Å²) in [5.41, 5.74) is 1.30. The van der Waals surface area contributed by atoms with Crippen LogP contribution in [-0.2, 0) is 4.79 Å². The van der Waals surface area contributed by atoms with E-state index in [0.29, 0.717) is 27.6 Å². The van der Waals surface area contributed by atoms with Crippen molar-refractivity contribution >= 4 is 35.0 Å². The second-order valence-corrected chi connectivity index (χ2v) is 6.69. The molecule has 1 atom stereocenters. The minimum absolute atomic E-state index is 0.202. The molecular formula is C16H14ClN3O3S. The number of carbonyl (C=O) groups is 1. The fourth-order valence-electron chi connectivity index (χ4n) is 1.97. The number of halogens is 1. The number of anilines is 1. The van der Waals surface area contributed by atoms with Crippen molar-refractivity contribution in [2.24, 2.45) is 0 Å². The molecule has 3 rings (SSSR count). The lowest BCUT2D eigenvalue weighted by molar-refractivity contribution is -0.115. The Morgan fingerprint density at radius 3 is 2.79 bits per heavy atom. The fourth-order valence-corrected chi connectivity index (χ4v) is 2.84. The quantitative estimate of drug-likeness (QED) is 0.676. The Labute approximate surface area is 147 Å². The molecule has 2 heterocycles. The Bertz CT molecular complexity index is 862. The molecule has 0 bridgehead atoms. The van der Waals surface area contributed by atoms with Gasteiger partial charge in [0.2, 0.25) is 5.91 Å². The van der Waals surface area contributed by atoms with Gasteiger partial charge in [0.05, 0.1) is 27.8 Å². The van der Waals surface area contributed by atoms with Gasteiger partial charge in [0.1, 0.15) is 5.76 Å². The highest BCUT2D eigenvalue weighted by atomic mass is 35.5. The first kappa shape index (κ1) is 16.6. The topological polar surface area (TPSA) is 81.2 Å². The van der Waals surface area contributed by atoms with Crippen molar-refractivity contribution in [2.45, 2.75) is 24.3 Å². The summed E-state index contributed by atoms with van der Waals surface area (Å²) >= 11 is 7.21. The Morgan fingerprint density at radius 1 is 1.29 bits per heavy atom. The molecule has 0 aliphatic rings. The average Bonchev–Trinajstić information content (AvgIpc) is 3.18. The van der Waals surface area contributed by atoms with Crippen LogP contribution in [0.25, 0.3) is 11.5 Å². The molecule has 0 saturated carbocycles. The number of thioether (sulfide) groups is 1. The number of carbonyl (C=O) groups excluding carboxylic acids is 1. The van der Waals surface area contributed by atoms with Crippen molar-refractivity contribution in [3.63, 3.8) is 0 Å². The monoisotopic (exact) mass is 363 g/mol. The predicted octanol–water partition coefficient (Wildman–Crippen LogP) is 4.41. The van der Waals surface area contributed by atoms with E-state index in [9.17, 15) is 4.79 Å². The summed E-state index contributed by atoms with van der Waals surface area (Å²) in [6.07, 6.45) is 1.56. The van der Waals surface area contributed by atoms with Gasteiger partial charge < -0.3 is 14.2 Å². The lowest BCUT2D eigenvalue weighted by Crippen LogP contribution is -2.22. The van der Waals surface area contributed by atoms with E-state index in [4.69, 9.17) is 20.4 Å². The van der Waals surface area contributed by atoms with Gasteiger partial charge in [-0.3, -0.25) is 4.79 Å². The number of aromatic nitrogens is 2. The van der Waals surface area contributed by atoms with Crippen LogP contribution in [0.3, 0.4) is 0 Å². The van der Waals surface area contributed by atoms with Crippen LogP contribution in [0.2, 0.25) is 5.02 Å². The molecular weight excluding hydrogens is 350 g/mol. The molecule has 0 aliphatic carbocycles. The van der Waals surface area contributed by atoms with E-state index < -0.39 is 5.25 Å². The van der Waals surface area contributed by atoms with Crippen molar-refractivity contribution in [3.8, 4) is 11.5 Å². The van der Waals surface area contributed by atoms with Crippen LogP contribution < -0.4 is 5.32 Å². The van der Waals surface area contributed by atoms with Crippen molar-refractivity contribution < 1.29 is 13.6 Å². The Balaban J connectivity index is 1.66. The molecule has 1 N–H and O–H groups in total.